The highest BCUT2D eigenvalue weighted by Crippen LogP contribution is 2.27. The lowest BCUT2D eigenvalue weighted by Crippen LogP contribution is -2.67. The minimum atomic E-state index is -0.454. The van der Waals surface area contributed by atoms with Gasteiger partial charge in [-0.1, -0.05) is 19.3 Å². The molecule has 1 atom stereocenters. The van der Waals surface area contributed by atoms with Crippen LogP contribution in [0.15, 0.2) is 0 Å². The van der Waals surface area contributed by atoms with Crippen molar-refractivity contribution in [3.63, 3.8) is 0 Å². The van der Waals surface area contributed by atoms with Gasteiger partial charge in [-0.05, 0) is 38.5 Å². The van der Waals surface area contributed by atoms with E-state index in [9.17, 15) is 9.59 Å². The number of hydrogen-bond donors (Lipinski definition) is 3. The summed E-state index contributed by atoms with van der Waals surface area (Å²) < 4.78 is 0. The molecule has 1 spiro atoms. The molecule has 3 aliphatic rings. The molecule has 3 rings (SSSR count). The molecule has 2 saturated heterocycles. The maximum absolute atomic E-state index is 12.5. The van der Waals surface area contributed by atoms with E-state index >= 15 is 0 Å². The van der Waals surface area contributed by atoms with Crippen LogP contribution >= 0.6 is 0 Å². The average Bonchev–Trinajstić information content (AvgIpc) is 2.59. The smallest absolute Gasteiger partial charge is 0.317 e. The summed E-state index contributed by atoms with van der Waals surface area (Å²) >= 11 is 0. The predicted molar refractivity (Wildman–Crippen MR) is 89.1 cm³/mol. The molecule has 1 saturated carbocycles. The largest absolute Gasteiger partial charge is 0.353 e. The van der Waals surface area contributed by atoms with Gasteiger partial charge in [0.25, 0.3) is 0 Å². The van der Waals surface area contributed by atoms with E-state index in [0.717, 1.165) is 6.54 Å². The first-order valence-electron chi connectivity index (χ1n) is 9.19. The molecular formula is C17H30N4O2. The van der Waals surface area contributed by atoms with E-state index in [2.05, 4.69) is 22.9 Å². The molecule has 0 unspecified atom stereocenters. The monoisotopic (exact) mass is 322 g/mol. The van der Waals surface area contributed by atoms with E-state index in [4.69, 9.17) is 0 Å². The Morgan fingerprint density at radius 1 is 1.22 bits per heavy atom. The van der Waals surface area contributed by atoms with E-state index in [-0.39, 0.29) is 18.0 Å². The lowest BCUT2D eigenvalue weighted by Gasteiger charge is -2.43. The summed E-state index contributed by atoms with van der Waals surface area (Å²) in [6.07, 6.45) is 7.77. The van der Waals surface area contributed by atoms with Crippen molar-refractivity contribution in [2.75, 3.05) is 26.2 Å². The third-order valence-electron chi connectivity index (χ3n) is 5.92. The van der Waals surface area contributed by atoms with Gasteiger partial charge in [-0.3, -0.25) is 4.79 Å². The van der Waals surface area contributed by atoms with Crippen molar-refractivity contribution < 1.29 is 9.59 Å². The summed E-state index contributed by atoms with van der Waals surface area (Å²) in [6, 6.07) is 0.281. The van der Waals surface area contributed by atoms with Gasteiger partial charge in [0.05, 0.1) is 0 Å². The molecule has 0 aromatic carbocycles. The zero-order chi connectivity index (χ0) is 16.3. The average molecular weight is 322 g/mol. The first kappa shape index (κ1) is 16.6. The second-order valence-corrected chi connectivity index (χ2v) is 7.39. The number of carbonyl (C=O) groups is 2. The lowest BCUT2D eigenvalue weighted by atomic mass is 9.84. The van der Waals surface area contributed by atoms with Crippen molar-refractivity contribution in [1.29, 1.82) is 0 Å². The Labute approximate surface area is 138 Å². The van der Waals surface area contributed by atoms with Gasteiger partial charge in [0.15, 0.2) is 0 Å². The van der Waals surface area contributed by atoms with Crippen LogP contribution in [-0.4, -0.2) is 54.6 Å². The zero-order valence-corrected chi connectivity index (χ0v) is 14.2. The molecule has 0 aromatic rings. The molecule has 130 valence electrons. The Balaban J connectivity index is 1.49. The van der Waals surface area contributed by atoms with Gasteiger partial charge in [-0.25, -0.2) is 4.79 Å². The molecule has 6 heteroatoms. The normalized spacial score (nSPS) is 26.7. The van der Waals surface area contributed by atoms with Crippen molar-refractivity contribution in [2.45, 2.75) is 63.5 Å². The van der Waals surface area contributed by atoms with Crippen molar-refractivity contribution in [1.82, 2.24) is 20.9 Å². The second-order valence-electron chi connectivity index (χ2n) is 7.39. The van der Waals surface area contributed by atoms with Gasteiger partial charge in [-0.2, -0.15) is 0 Å². The van der Waals surface area contributed by atoms with Crippen LogP contribution < -0.4 is 16.0 Å². The quantitative estimate of drug-likeness (QED) is 0.716. The third-order valence-corrected chi connectivity index (χ3v) is 5.92. The third kappa shape index (κ3) is 3.62. The number of hydrogen-bond acceptors (Lipinski definition) is 3. The molecule has 2 heterocycles. The molecule has 23 heavy (non-hydrogen) atoms. The molecule has 1 aliphatic carbocycles. The fourth-order valence-corrected chi connectivity index (χ4v) is 4.26. The number of nitrogens with zero attached hydrogens (tertiary/aromatic N) is 1. The van der Waals surface area contributed by atoms with Gasteiger partial charge in [0.2, 0.25) is 5.91 Å². The first-order chi connectivity index (χ1) is 11.1. The molecule has 2 aliphatic heterocycles. The van der Waals surface area contributed by atoms with Crippen LogP contribution in [0.1, 0.15) is 51.9 Å². The van der Waals surface area contributed by atoms with Crippen LogP contribution in [0.5, 0.6) is 0 Å². The Kier molecular flexibility index (Phi) is 5.09. The number of rotatable bonds is 2. The first-order valence-corrected chi connectivity index (χ1v) is 9.19. The Hall–Kier alpha value is -1.30. The van der Waals surface area contributed by atoms with Crippen LogP contribution in [0.2, 0.25) is 0 Å². The maximum atomic E-state index is 12.5. The van der Waals surface area contributed by atoms with Crippen LogP contribution in [-0.2, 0) is 4.79 Å². The summed E-state index contributed by atoms with van der Waals surface area (Å²) in [5.74, 6) is 0.717. The standard InChI is InChI=1S/C17H30N4O2/c1-13(14-5-3-2-4-6-14)20-16(23)21-11-7-17(8-12-21)15(22)18-9-10-19-17/h13-14,19H,2-12H2,1H3,(H,18,22)(H,20,23)/t13-/m1/s1. The van der Waals surface area contributed by atoms with Crippen molar-refractivity contribution in [3.05, 3.63) is 0 Å². The number of piperazine rings is 1. The van der Waals surface area contributed by atoms with Crippen molar-refractivity contribution >= 4 is 11.9 Å². The van der Waals surface area contributed by atoms with Gasteiger partial charge < -0.3 is 20.9 Å². The van der Waals surface area contributed by atoms with Crippen LogP contribution in [0.25, 0.3) is 0 Å². The van der Waals surface area contributed by atoms with Crippen molar-refractivity contribution in [3.8, 4) is 0 Å². The Morgan fingerprint density at radius 3 is 2.57 bits per heavy atom. The summed E-state index contributed by atoms with van der Waals surface area (Å²) in [5, 5.41) is 9.49. The highest BCUT2D eigenvalue weighted by atomic mass is 16.2. The topological polar surface area (TPSA) is 73.5 Å². The number of likely N-dealkylation sites (tertiary alicyclic amines) is 1. The van der Waals surface area contributed by atoms with E-state index in [1.54, 1.807) is 0 Å². The van der Waals surface area contributed by atoms with Gasteiger partial charge >= 0.3 is 6.03 Å². The molecule has 0 aromatic heterocycles. The number of carbonyl (C=O) groups excluding carboxylic acids is 2. The Bertz CT molecular complexity index is 440. The fraction of sp³-hybridized carbons (Fsp3) is 0.882. The van der Waals surface area contributed by atoms with E-state index in [0.29, 0.717) is 38.4 Å². The second kappa shape index (κ2) is 7.07. The van der Waals surface area contributed by atoms with E-state index < -0.39 is 5.54 Å². The van der Waals surface area contributed by atoms with Crippen LogP contribution in [0, 0.1) is 5.92 Å². The summed E-state index contributed by atoms with van der Waals surface area (Å²) in [7, 11) is 0. The molecule has 0 bridgehead atoms. The number of amides is 3. The van der Waals surface area contributed by atoms with Gasteiger partial charge in [0.1, 0.15) is 5.54 Å². The molecule has 6 nitrogen and oxygen atoms in total. The fourth-order valence-electron chi connectivity index (χ4n) is 4.26. The number of piperidine rings is 1. The molecular weight excluding hydrogens is 292 g/mol. The van der Waals surface area contributed by atoms with Crippen LogP contribution in [0.4, 0.5) is 4.79 Å². The highest BCUT2D eigenvalue weighted by molar-refractivity contribution is 5.87. The number of nitrogens with one attached hydrogen (secondary N) is 3. The molecule has 3 amide bonds. The molecule has 3 fully saturated rings. The van der Waals surface area contributed by atoms with Gasteiger partial charge in [0, 0.05) is 32.2 Å². The minimum Gasteiger partial charge on any atom is -0.353 e. The van der Waals surface area contributed by atoms with Crippen molar-refractivity contribution in [2.24, 2.45) is 5.92 Å². The Morgan fingerprint density at radius 2 is 1.91 bits per heavy atom. The molecule has 3 N–H and O–H groups in total. The highest BCUT2D eigenvalue weighted by Gasteiger charge is 2.43. The summed E-state index contributed by atoms with van der Waals surface area (Å²) in [4.78, 5) is 26.5. The van der Waals surface area contributed by atoms with E-state index in [1.807, 2.05) is 4.90 Å². The van der Waals surface area contributed by atoms with E-state index in [1.165, 1.54) is 32.1 Å². The predicted octanol–water partition coefficient (Wildman–Crippen LogP) is 1.22. The maximum Gasteiger partial charge on any atom is 0.317 e. The minimum absolute atomic E-state index is 0.0362. The van der Waals surface area contributed by atoms with Crippen LogP contribution in [0.3, 0.4) is 0 Å². The summed E-state index contributed by atoms with van der Waals surface area (Å²) in [6.45, 7) is 4.93. The molecule has 0 radical (unpaired) electrons. The summed E-state index contributed by atoms with van der Waals surface area (Å²) in [5.41, 5.74) is -0.454. The zero-order valence-electron chi connectivity index (χ0n) is 14.2. The number of urea groups is 1. The van der Waals surface area contributed by atoms with Gasteiger partial charge in [-0.15, -0.1) is 0 Å². The SMILES string of the molecule is C[C@@H](NC(=O)N1CCC2(CC1)NCCNC2=O)C1CCCCC1. The lowest BCUT2D eigenvalue weighted by molar-refractivity contribution is -0.131.